The van der Waals surface area contributed by atoms with Gasteiger partial charge in [-0.3, -0.25) is 4.90 Å². The molecule has 0 amide bonds. The van der Waals surface area contributed by atoms with Gasteiger partial charge in [0.25, 0.3) is 0 Å². The quantitative estimate of drug-likeness (QED) is 0.799. The number of ether oxygens (including phenoxy) is 2. The summed E-state index contributed by atoms with van der Waals surface area (Å²) in [6.07, 6.45) is 0. The molecular formula is C18H19NO3. The second-order valence-corrected chi connectivity index (χ2v) is 5.47. The maximum Gasteiger partial charge on any atom is 0.337 e. The Balaban J connectivity index is 1.88. The number of hydrogen-bond donors (Lipinski definition) is 0. The number of fused-ring (bicyclic) bond motifs is 1. The van der Waals surface area contributed by atoms with Crippen molar-refractivity contribution in [2.75, 3.05) is 20.8 Å². The molecule has 0 saturated heterocycles. The van der Waals surface area contributed by atoms with Gasteiger partial charge in [-0.15, -0.1) is 0 Å². The minimum Gasteiger partial charge on any atom is -0.491 e. The predicted molar refractivity (Wildman–Crippen MR) is 83.9 cm³/mol. The molecule has 114 valence electrons. The van der Waals surface area contributed by atoms with Crippen molar-refractivity contribution in [3.63, 3.8) is 0 Å². The van der Waals surface area contributed by atoms with Crippen LogP contribution in [-0.2, 0) is 11.3 Å². The molecule has 0 fully saturated rings. The van der Waals surface area contributed by atoms with E-state index < -0.39 is 0 Å². The van der Waals surface area contributed by atoms with Gasteiger partial charge >= 0.3 is 5.97 Å². The molecule has 0 aliphatic carbocycles. The zero-order valence-corrected chi connectivity index (χ0v) is 12.8. The number of methoxy groups -OCH3 is 1. The normalized spacial score (nSPS) is 18.0. The van der Waals surface area contributed by atoms with Gasteiger partial charge in [-0.25, -0.2) is 4.79 Å². The molecule has 2 aromatic rings. The van der Waals surface area contributed by atoms with Crippen LogP contribution in [0.3, 0.4) is 0 Å². The molecule has 3 rings (SSSR count). The second-order valence-electron chi connectivity index (χ2n) is 5.47. The monoisotopic (exact) mass is 297 g/mol. The van der Waals surface area contributed by atoms with Gasteiger partial charge in [-0.05, 0) is 24.7 Å². The first kappa shape index (κ1) is 14.6. The van der Waals surface area contributed by atoms with E-state index in [1.54, 1.807) is 12.1 Å². The van der Waals surface area contributed by atoms with Crippen LogP contribution in [-0.4, -0.2) is 31.6 Å². The number of carbonyl (C=O) groups is 1. The van der Waals surface area contributed by atoms with Crippen molar-refractivity contribution in [1.29, 1.82) is 0 Å². The molecule has 0 N–H and O–H groups in total. The lowest BCUT2D eigenvalue weighted by atomic mass is 10.1. The van der Waals surface area contributed by atoms with E-state index in [2.05, 4.69) is 24.1 Å². The van der Waals surface area contributed by atoms with Gasteiger partial charge in [-0.1, -0.05) is 36.4 Å². The number of nitrogens with zero attached hydrogens (tertiary/aromatic N) is 1. The van der Waals surface area contributed by atoms with Gasteiger partial charge in [0.1, 0.15) is 12.4 Å². The highest BCUT2D eigenvalue weighted by Gasteiger charge is 2.24. The first-order valence-electron chi connectivity index (χ1n) is 7.28. The van der Waals surface area contributed by atoms with Crippen LogP contribution in [0.1, 0.15) is 27.5 Å². The van der Waals surface area contributed by atoms with E-state index >= 15 is 0 Å². The molecule has 1 atom stereocenters. The van der Waals surface area contributed by atoms with Crippen LogP contribution >= 0.6 is 0 Å². The molecule has 2 aromatic carbocycles. The van der Waals surface area contributed by atoms with Crippen molar-refractivity contribution in [1.82, 2.24) is 4.90 Å². The summed E-state index contributed by atoms with van der Waals surface area (Å²) in [6.45, 7) is 1.33. The first-order valence-corrected chi connectivity index (χ1v) is 7.28. The third-order valence-corrected chi connectivity index (χ3v) is 4.02. The summed E-state index contributed by atoms with van der Waals surface area (Å²) in [7, 11) is 3.47. The average Bonchev–Trinajstić information content (AvgIpc) is 2.72. The van der Waals surface area contributed by atoms with Crippen molar-refractivity contribution in [2.45, 2.75) is 12.6 Å². The molecule has 0 radical (unpaired) electrons. The van der Waals surface area contributed by atoms with E-state index in [9.17, 15) is 4.79 Å². The Morgan fingerprint density at radius 2 is 2.00 bits per heavy atom. The van der Waals surface area contributed by atoms with E-state index in [-0.39, 0.29) is 12.0 Å². The summed E-state index contributed by atoms with van der Waals surface area (Å²) >= 11 is 0. The zero-order valence-electron chi connectivity index (χ0n) is 12.8. The molecule has 1 unspecified atom stereocenters. The molecule has 0 saturated carbocycles. The summed E-state index contributed by atoms with van der Waals surface area (Å²) < 4.78 is 10.7. The Morgan fingerprint density at radius 3 is 2.73 bits per heavy atom. The summed E-state index contributed by atoms with van der Waals surface area (Å²) in [5.74, 6) is 0.414. The molecule has 0 spiro atoms. The highest BCUT2D eigenvalue weighted by atomic mass is 16.5. The van der Waals surface area contributed by atoms with Crippen LogP contribution < -0.4 is 4.74 Å². The molecule has 4 nitrogen and oxygen atoms in total. The second kappa shape index (κ2) is 6.20. The highest BCUT2D eigenvalue weighted by Crippen LogP contribution is 2.31. The number of benzene rings is 2. The number of likely N-dealkylation sites (N-methyl/N-ethyl adjacent to an activating group) is 1. The van der Waals surface area contributed by atoms with Crippen molar-refractivity contribution in [3.8, 4) is 5.75 Å². The van der Waals surface area contributed by atoms with Crippen LogP contribution in [0.2, 0.25) is 0 Å². The van der Waals surface area contributed by atoms with E-state index in [1.807, 2.05) is 24.3 Å². The average molecular weight is 297 g/mol. The molecule has 22 heavy (non-hydrogen) atoms. The molecule has 4 heteroatoms. The van der Waals surface area contributed by atoms with Gasteiger partial charge in [0, 0.05) is 12.1 Å². The van der Waals surface area contributed by atoms with Crippen molar-refractivity contribution < 1.29 is 14.3 Å². The lowest BCUT2D eigenvalue weighted by molar-refractivity contribution is 0.0600. The predicted octanol–water partition coefficient (Wildman–Crippen LogP) is 3.04. The lowest BCUT2D eigenvalue weighted by Gasteiger charge is -2.25. The Kier molecular flexibility index (Phi) is 4.11. The number of hydrogen-bond acceptors (Lipinski definition) is 4. The number of rotatable bonds is 2. The third-order valence-electron chi connectivity index (χ3n) is 4.02. The Labute approximate surface area is 130 Å². The van der Waals surface area contributed by atoms with E-state index in [0.717, 1.165) is 17.9 Å². The Bertz CT molecular complexity index is 669. The summed E-state index contributed by atoms with van der Waals surface area (Å²) in [5, 5.41) is 0. The topological polar surface area (TPSA) is 38.8 Å². The van der Waals surface area contributed by atoms with Crippen LogP contribution in [0.5, 0.6) is 5.75 Å². The summed E-state index contributed by atoms with van der Waals surface area (Å²) in [5.41, 5.74) is 2.82. The fourth-order valence-electron chi connectivity index (χ4n) is 2.77. The van der Waals surface area contributed by atoms with Crippen LogP contribution in [0, 0.1) is 0 Å². The molecule has 1 aliphatic rings. The van der Waals surface area contributed by atoms with Crippen molar-refractivity contribution in [3.05, 3.63) is 65.2 Å². The Morgan fingerprint density at radius 1 is 1.23 bits per heavy atom. The van der Waals surface area contributed by atoms with Crippen molar-refractivity contribution >= 4 is 5.97 Å². The zero-order chi connectivity index (χ0) is 15.5. The molecule has 1 aliphatic heterocycles. The van der Waals surface area contributed by atoms with E-state index in [4.69, 9.17) is 9.47 Å². The SMILES string of the molecule is COC(=O)c1ccc2c(c1)OCC(c1ccccc1)N(C)C2. The smallest absolute Gasteiger partial charge is 0.337 e. The van der Waals surface area contributed by atoms with Gasteiger partial charge in [0.15, 0.2) is 0 Å². The lowest BCUT2D eigenvalue weighted by Crippen LogP contribution is -2.26. The van der Waals surface area contributed by atoms with Crippen LogP contribution in [0.4, 0.5) is 0 Å². The van der Waals surface area contributed by atoms with Gasteiger partial charge < -0.3 is 9.47 Å². The fraction of sp³-hybridized carbons (Fsp3) is 0.278. The van der Waals surface area contributed by atoms with Crippen LogP contribution in [0.25, 0.3) is 0 Å². The summed E-state index contributed by atoms with van der Waals surface area (Å²) in [4.78, 5) is 13.9. The van der Waals surface area contributed by atoms with Gasteiger partial charge in [-0.2, -0.15) is 0 Å². The minimum absolute atomic E-state index is 0.190. The van der Waals surface area contributed by atoms with Gasteiger partial charge in [0.05, 0.1) is 18.7 Å². The van der Waals surface area contributed by atoms with E-state index in [0.29, 0.717) is 12.2 Å². The largest absolute Gasteiger partial charge is 0.491 e. The molecule has 0 aromatic heterocycles. The van der Waals surface area contributed by atoms with Gasteiger partial charge in [0.2, 0.25) is 0 Å². The fourth-order valence-corrected chi connectivity index (χ4v) is 2.77. The maximum absolute atomic E-state index is 11.6. The first-order chi connectivity index (χ1) is 10.7. The molecule has 0 bridgehead atoms. The molecule has 1 heterocycles. The summed E-state index contributed by atoms with van der Waals surface area (Å²) in [6, 6.07) is 16.0. The number of esters is 1. The highest BCUT2D eigenvalue weighted by molar-refractivity contribution is 5.89. The minimum atomic E-state index is -0.344. The van der Waals surface area contributed by atoms with Crippen molar-refractivity contribution in [2.24, 2.45) is 0 Å². The number of carbonyl (C=O) groups excluding carboxylic acids is 1. The van der Waals surface area contributed by atoms with Crippen LogP contribution in [0.15, 0.2) is 48.5 Å². The maximum atomic E-state index is 11.6. The third kappa shape index (κ3) is 2.83. The molecular weight excluding hydrogens is 278 g/mol. The Hall–Kier alpha value is -2.33. The van der Waals surface area contributed by atoms with E-state index in [1.165, 1.54) is 12.7 Å². The standard InChI is InChI=1S/C18H19NO3/c1-19-11-15-9-8-14(18(20)21-2)10-17(15)22-12-16(19)13-6-4-3-5-7-13/h3-10,16H,11-12H2,1-2H3.